The van der Waals surface area contributed by atoms with Gasteiger partial charge in [0.25, 0.3) is 5.56 Å². The largest absolute Gasteiger partial charge is 0.311 e. The highest BCUT2D eigenvalue weighted by Crippen LogP contribution is 2.28. The maximum atomic E-state index is 12.8. The van der Waals surface area contributed by atoms with E-state index in [1.165, 1.54) is 0 Å². The number of halogens is 1. The molecule has 1 unspecified atom stereocenters. The molecule has 0 bridgehead atoms. The molecule has 0 aliphatic rings. The molecule has 3 aromatic rings. The average molecular weight is 418 g/mol. The molecule has 1 heterocycles. The lowest BCUT2D eigenvalue weighted by atomic mass is 9.95. The molecule has 4 heteroatoms. The Morgan fingerprint density at radius 3 is 2.47 bits per heavy atom. The first-order valence-corrected chi connectivity index (χ1v) is 10.1. The molecule has 0 N–H and O–H groups in total. The molecule has 3 rings (SSSR count). The van der Waals surface area contributed by atoms with E-state index in [9.17, 15) is 9.59 Å². The maximum Gasteiger partial charge on any atom is 0.251 e. The number of pyridine rings is 1. The van der Waals surface area contributed by atoms with Crippen molar-refractivity contribution in [2.45, 2.75) is 13.8 Å². The highest BCUT2D eigenvalue weighted by molar-refractivity contribution is 6.30. The second kappa shape index (κ2) is 9.10. The van der Waals surface area contributed by atoms with Gasteiger partial charge >= 0.3 is 0 Å². The molecule has 3 nitrogen and oxygen atoms in total. The third-order valence-corrected chi connectivity index (χ3v) is 5.39. The van der Waals surface area contributed by atoms with Crippen LogP contribution in [0.2, 0.25) is 5.02 Å². The molecule has 0 spiro atoms. The Kier molecular flexibility index (Phi) is 6.53. The number of nitrogens with zero attached hydrogens (tertiary/aromatic N) is 1. The van der Waals surface area contributed by atoms with Crippen LogP contribution in [0.5, 0.6) is 0 Å². The van der Waals surface area contributed by atoms with Crippen molar-refractivity contribution in [2.75, 3.05) is 0 Å². The Morgan fingerprint density at radius 1 is 1.13 bits per heavy atom. The van der Waals surface area contributed by atoms with Crippen LogP contribution in [0, 0.1) is 12.8 Å². The first-order valence-electron chi connectivity index (χ1n) is 9.73. The van der Waals surface area contributed by atoms with Gasteiger partial charge in [-0.05, 0) is 36.3 Å². The number of hydrogen-bond donors (Lipinski definition) is 0. The summed E-state index contributed by atoms with van der Waals surface area (Å²) in [7, 11) is 1.71. The maximum absolute atomic E-state index is 12.8. The predicted octanol–water partition coefficient (Wildman–Crippen LogP) is 6.19. The van der Waals surface area contributed by atoms with Crippen LogP contribution in [0.25, 0.3) is 23.3 Å². The van der Waals surface area contributed by atoms with Crippen molar-refractivity contribution >= 4 is 29.5 Å². The Morgan fingerprint density at radius 2 is 1.83 bits per heavy atom. The molecule has 0 radical (unpaired) electrons. The standard InChI is InChI=1S/C26H24ClNO2/c1-5-22-23(20-7-6-8-21(27)15-20)16-25(29)28(4)24(22)14-11-18(3)26(30)19-12-9-17(2)10-13-19/h5-16,18H,1H2,2-4H3/b14-11-. The highest BCUT2D eigenvalue weighted by atomic mass is 35.5. The predicted molar refractivity (Wildman–Crippen MR) is 126 cm³/mol. The van der Waals surface area contributed by atoms with Gasteiger partial charge in [-0.2, -0.15) is 0 Å². The third kappa shape index (κ3) is 4.52. The minimum Gasteiger partial charge on any atom is -0.311 e. The summed E-state index contributed by atoms with van der Waals surface area (Å²) in [5, 5.41) is 0.595. The lowest BCUT2D eigenvalue weighted by Gasteiger charge is -2.14. The number of Topliss-reactive ketones (excluding diaryl/α,β-unsaturated/α-hetero) is 1. The summed E-state index contributed by atoms with van der Waals surface area (Å²) >= 11 is 6.15. The summed E-state index contributed by atoms with van der Waals surface area (Å²) in [6, 6.07) is 16.5. The number of carbonyl (C=O) groups is 1. The molecule has 0 amide bonds. The van der Waals surface area contributed by atoms with Crippen LogP contribution in [0.1, 0.15) is 34.1 Å². The van der Waals surface area contributed by atoms with Crippen molar-refractivity contribution in [1.29, 1.82) is 0 Å². The lowest BCUT2D eigenvalue weighted by Crippen LogP contribution is -2.20. The zero-order valence-electron chi connectivity index (χ0n) is 17.4. The fraction of sp³-hybridized carbons (Fsp3) is 0.154. The number of hydrogen-bond acceptors (Lipinski definition) is 2. The Balaban J connectivity index is 2.02. The summed E-state index contributed by atoms with van der Waals surface area (Å²) in [4.78, 5) is 25.4. The summed E-state index contributed by atoms with van der Waals surface area (Å²) < 4.78 is 1.56. The molecule has 30 heavy (non-hydrogen) atoms. The molecule has 1 aromatic heterocycles. The van der Waals surface area contributed by atoms with Gasteiger partial charge in [-0.1, -0.05) is 79.2 Å². The molecule has 0 aliphatic carbocycles. The van der Waals surface area contributed by atoms with E-state index in [1.807, 2.05) is 68.5 Å². The van der Waals surface area contributed by atoms with Crippen molar-refractivity contribution in [1.82, 2.24) is 4.57 Å². The van der Waals surface area contributed by atoms with Crippen molar-refractivity contribution in [2.24, 2.45) is 13.0 Å². The second-order valence-electron chi connectivity index (χ2n) is 7.35. The molecule has 2 aromatic carbocycles. The van der Waals surface area contributed by atoms with E-state index >= 15 is 0 Å². The van der Waals surface area contributed by atoms with Gasteiger partial charge in [0.1, 0.15) is 0 Å². The van der Waals surface area contributed by atoms with Crippen LogP contribution in [0.15, 0.2) is 72.0 Å². The first-order chi connectivity index (χ1) is 14.3. The van der Waals surface area contributed by atoms with E-state index in [-0.39, 0.29) is 17.3 Å². The van der Waals surface area contributed by atoms with Gasteiger partial charge < -0.3 is 4.57 Å². The fourth-order valence-electron chi connectivity index (χ4n) is 3.35. The van der Waals surface area contributed by atoms with Gasteiger partial charge in [-0.3, -0.25) is 9.59 Å². The first kappa shape index (κ1) is 21.5. The molecular formula is C26H24ClNO2. The number of allylic oxidation sites excluding steroid dienone is 1. The minimum absolute atomic E-state index is 0.0300. The Labute approximate surface area is 182 Å². The normalized spacial score (nSPS) is 12.1. The molecule has 0 saturated carbocycles. The topological polar surface area (TPSA) is 39.1 Å². The number of ketones is 1. The van der Waals surface area contributed by atoms with Crippen molar-refractivity contribution < 1.29 is 4.79 Å². The fourth-order valence-corrected chi connectivity index (χ4v) is 3.54. The van der Waals surface area contributed by atoms with Gasteiger partial charge in [-0.25, -0.2) is 0 Å². The summed E-state index contributed by atoms with van der Waals surface area (Å²) in [6.07, 6.45) is 5.37. The van der Waals surface area contributed by atoms with Crippen molar-refractivity contribution in [3.63, 3.8) is 0 Å². The van der Waals surface area contributed by atoms with Gasteiger partial charge in [0.2, 0.25) is 0 Å². The number of aromatic nitrogens is 1. The molecular weight excluding hydrogens is 394 g/mol. The minimum atomic E-state index is -0.338. The van der Waals surface area contributed by atoms with E-state index in [2.05, 4.69) is 6.58 Å². The summed E-state index contributed by atoms with van der Waals surface area (Å²) in [6.45, 7) is 7.78. The number of aryl methyl sites for hydroxylation is 1. The van der Waals surface area contributed by atoms with E-state index in [1.54, 1.807) is 29.8 Å². The zero-order chi connectivity index (χ0) is 21.8. The molecule has 0 saturated heterocycles. The summed E-state index contributed by atoms with van der Waals surface area (Å²) in [5.74, 6) is -0.308. The SMILES string of the molecule is C=Cc1c(-c2cccc(Cl)c2)cc(=O)n(C)c1/C=C\C(C)C(=O)c1ccc(C)cc1. The van der Waals surface area contributed by atoms with Gasteiger partial charge in [0, 0.05) is 35.2 Å². The van der Waals surface area contributed by atoms with Crippen LogP contribution in [0.4, 0.5) is 0 Å². The van der Waals surface area contributed by atoms with Crippen LogP contribution >= 0.6 is 11.6 Å². The molecule has 0 aliphatic heterocycles. The zero-order valence-corrected chi connectivity index (χ0v) is 18.1. The van der Waals surface area contributed by atoms with Crippen molar-refractivity contribution in [3.05, 3.63) is 105 Å². The van der Waals surface area contributed by atoms with E-state index < -0.39 is 0 Å². The molecule has 0 fully saturated rings. The highest BCUT2D eigenvalue weighted by Gasteiger charge is 2.15. The quantitative estimate of drug-likeness (QED) is 0.448. The summed E-state index contributed by atoms with van der Waals surface area (Å²) in [5.41, 5.74) is 4.73. The number of rotatable bonds is 6. The third-order valence-electron chi connectivity index (χ3n) is 5.16. The number of carbonyl (C=O) groups excluding carboxylic acids is 1. The van der Waals surface area contributed by atoms with Gasteiger partial charge in [0.05, 0.1) is 5.69 Å². The molecule has 152 valence electrons. The van der Waals surface area contributed by atoms with Crippen LogP contribution in [0.3, 0.4) is 0 Å². The van der Waals surface area contributed by atoms with E-state index in [4.69, 9.17) is 11.6 Å². The smallest absolute Gasteiger partial charge is 0.251 e. The second-order valence-corrected chi connectivity index (χ2v) is 7.78. The Bertz CT molecular complexity index is 1190. The van der Waals surface area contributed by atoms with Crippen LogP contribution in [-0.2, 0) is 7.05 Å². The number of benzene rings is 2. The van der Waals surface area contributed by atoms with Crippen LogP contribution < -0.4 is 5.56 Å². The van der Waals surface area contributed by atoms with Crippen molar-refractivity contribution in [3.8, 4) is 11.1 Å². The van der Waals surface area contributed by atoms with E-state index in [0.717, 1.165) is 22.3 Å². The van der Waals surface area contributed by atoms with Crippen LogP contribution in [-0.4, -0.2) is 10.4 Å². The monoisotopic (exact) mass is 417 g/mol. The van der Waals surface area contributed by atoms with Gasteiger partial charge in [-0.15, -0.1) is 0 Å². The lowest BCUT2D eigenvalue weighted by molar-refractivity contribution is 0.0953. The van der Waals surface area contributed by atoms with E-state index in [0.29, 0.717) is 16.3 Å². The Hall–Kier alpha value is -3.17. The average Bonchev–Trinajstić information content (AvgIpc) is 2.74. The van der Waals surface area contributed by atoms with Gasteiger partial charge in [0.15, 0.2) is 5.78 Å². The molecule has 1 atom stereocenters.